The summed E-state index contributed by atoms with van der Waals surface area (Å²) in [5, 5.41) is 23.9. The number of hydrogen-bond acceptors (Lipinski definition) is 9. The Labute approximate surface area is 197 Å². The van der Waals surface area contributed by atoms with E-state index < -0.39 is 53.0 Å². The molecule has 0 radical (unpaired) electrons. The highest BCUT2D eigenvalue weighted by atomic mass is 35.5. The number of hydrogen-bond donors (Lipinski definition) is 3. The van der Waals surface area contributed by atoms with E-state index in [0.717, 1.165) is 4.90 Å². The molecule has 1 aromatic rings. The maximum Gasteiger partial charge on any atom is 0.352 e. The Balaban J connectivity index is 1.65. The lowest BCUT2D eigenvalue weighted by atomic mass is 10.0. The molecule has 11 nitrogen and oxygen atoms in total. The number of alkyl halides is 1. The molecule has 2 amide bonds. The molecule has 3 rings (SSSR count). The average molecular weight is 498 g/mol. The van der Waals surface area contributed by atoms with Gasteiger partial charge >= 0.3 is 5.97 Å². The van der Waals surface area contributed by atoms with Crippen molar-refractivity contribution in [1.82, 2.24) is 10.2 Å². The molecule has 2 aliphatic rings. The van der Waals surface area contributed by atoms with Gasteiger partial charge in [-0.15, -0.1) is 28.3 Å². The molecule has 1 saturated heterocycles. The zero-order chi connectivity index (χ0) is 24.1. The number of carbonyl (C=O) groups is 4. The number of aliphatic hydroxyl groups is 1. The standard InChI is InChI=1S/C20H20ClN3O8S/c21-6-12(25)14(23-31)17(27)22-15-18(28)24-16(20(29)30)11(9-33-19(15)24)7-32-8-13(26)10-4-2-1-3-5-10/h1-5,13-15,19,26H,6-9H2,(H,22,27)(H,29,30)/t13?,14?,15?,19-/m0/s1. The van der Waals surface area contributed by atoms with Crippen LogP contribution in [0.5, 0.6) is 0 Å². The van der Waals surface area contributed by atoms with Gasteiger partial charge in [0.2, 0.25) is 6.04 Å². The first-order chi connectivity index (χ1) is 15.8. The number of nitrogens with one attached hydrogen (secondary N) is 1. The van der Waals surface area contributed by atoms with E-state index in [4.69, 9.17) is 16.3 Å². The summed E-state index contributed by atoms with van der Waals surface area (Å²) in [5.41, 5.74) is 0.729. The molecule has 0 aliphatic carbocycles. The van der Waals surface area contributed by atoms with E-state index in [1.165, 1.54) is 11.8 Å². The maximum absolute atomic E-state index is 12.6. The van der Waals surface area contributed by atoms with E-state index in [2.05, 4.69) is 10.5 Å². The van der Waals surface area contributed by atoms with Crippen LogP contribution in [0.25, 0.3) is 0 Å². The topological polar surface area (TPSA) is 163 Å². The number of β-lactam (4-membered cyclic amide) rings is 1. The monoisotopic (exact) mass is 497 g/mol. The molecule has 3 unspecified atom stereocenters. The number of halogens is 1. The summed E-state index contributed by atoms with van der Waals surface area (Å²) in [6.45, 7) is -0.191. The van der Waals surface area contributed by atoms with Crippen LogP contribution in [0.3, 0.4) is 0 Å². The van der Waals surface area contributed by atoms with Gasteiger partial charge in [0.25, 0.3) is 11.8 Å². The minimum Gasteiger partial charge on any atom is -0.477 e. The highest BCUT2D eigenvalue weighted by molar-refractivity contribution is 8.00. The maximum atomic E-state index is 12.6. The number of rotatable bonds is 11. The minimum atomic E-state index is -1.88. The van der Waals surface area contributed by atoms with Crippen LogP contribution in [-0.2, 0) is 23.9 Å². The summed E-state index contributed by atoms with van der Waals surface area (Å²) in [7, 11) is 0. The molecular weight excluding hydrogens is 478 g/mol. The number of ether oxygens (including phenoxy) is 1. The Morgan fingerprint density at radius 1 is 1.30 bits per heavy atom. The van der Waals surface area contributed by atoms with Gasteiger partial charge < -0.3 is 20.3 Å². The lowest BCUT2D eigenvalue weighted by Crippen LogP contribution is -2.71. The molecule has 13 heteroatoms. The molecule has 1 aromatic carbocycles. The molecular formula is C20H20ClN3O8S. The van der Waals surface area contributed by atoms with Gasteiger partial charge in [0.15, 0.2) is 5.78 Å². The second-order valence-electron chi connectivity index (χ2n) is 7.20. The normalized spacial score (nSPS) is 21.5. The third-order valence-electron chi connectivity index (χ3n) is 5.07. The van der Waals surface area contributed by atoms with Gasteiger partial charge in [-0.2, -0.15) is 0 Å². The first kappa shape index (κ1) is 24.8. The Bertz CT molecular complexity index is 989. The second kappa shape index (κ2) is 10.9. The van der Waals surface area contributed by atoms with Gasteiger partial charge in [0.05, 0.1) is 19.1 Å². The molecule has 0 aromatic heterocycles. The minimum absolute atomic E-state index is 0.0736. The van der Waals surface area contributed by atoms with Crippen LogP contribution in [0.15, 0.2) is 46.8 Å². The van der Waals surface area contributed by atoms with Crippen molar-refractivity contribution in [3.63, 3.8) is 0 Å². The molecule has 1 fully saturated rings. The summed E-state index contributed by atoms with van der Waals surface area (Å²) in [4.78, 5) is 60.0. The Morgan fingerprint density at radius 2 is 2.00 bits per heavy atom. The number of benzene rings is 1. The average Bonchev–Trinajstić information content (AvgIpc) is 2.82. The predicted octanol–water partition coefficient (Wildman–Crippen LogP) is 0.418. The number of thioether (sulfide) groups is 1. The molecule has 33 heavy (non-hydrogen) atoms. The van der Waals surface area contributed by atoms with Crippen molar-refractivity contribution in [1.29, 1.82) is 0 Å². The van der Waals surface area contributed by atoms with Crippen LogP contribution in [0, 0.1) is 4.91 Å². The number of carboxylic acid groups (broad SMARTS) is 1. The number of ketones is 1. The molecule has 4 atom stereocenters. The van der Waals surface area contributed by atoms with Crippen LogP contribution in [0.1, 0.15) is 11.7 Å². The van der Waals surface area contributed by atoms with E-state index in [9.17, 15) is 34.3 Å². The summed E-state index contributed by atoms with van der Waals surface area (Å²) in [6, 6.07) is 5.81. The number of aliphatic hydroxyl groups excluding tert-OH is 1. The Kier molecular flexibility index (Phi) is 8.19. The van der Waals surface area contributed by atoms with Crippen LogP contribution < -0.4 is 5.32 Å². The number of nitrogens with zero attached hydrogens (tertiary/aromatic N) is 2. The van der Waals surface area contributed by atoms with Crippen molar-refractivity contribution in [2.75, 3.05) is 24.8 Å². The number of carboxylic acids is 1. The molecule has 0 bridgehead atoms. The zero-order valence-corrected chi connectivity index (χ0v) is 18.6. The number of nitroso groups, excluding NO2 is 1. The lowest BCUT2D eigenvalue weighted by molar-refractivity contribution is -0.151. The van der Waals surface area contributed by atoms with Gasteiger partial charge in [0.1, 0.15) is 23.2 Å². The van der Waals surface area contributed by atoms with Crippen molar-refractivity contribution < 1.29 is 34.1 Å². The molecule has 0 spiro atoms. The van der Waals surface area contributed by atoms with E-state index >= 15 is 0 Å². The number of aliphatic carboxylic acids is 1. The lowest BCUT2D eigenvalue weighted by Gasteiger charge is -2.49. The van der Waals surface area contributed by atoms with E-state index in [1.54, 1.807) is 24.3 Å². The van der Waals surface area contributed by atoms with E-state index in [0.29, 0.717) is 11.1 Å². The van der Waals surface area contributed by atoms with Crippen LogP contribution >= 0.6 is 23.4 Å². The highest BCUT2D eigenvalue weighted by Gasteiger charge is 2.54. The number of carbonyl (C=O) groups excluding carboxylic acids is 3. The predicted molar refractivity (Wildman–Crippen MR) is 117 cm³/mol. The fourth-order valence-electron chi connectivity index (χ4n) is 3.42. The number of fused-ring (bicyclic) bond motifs is 1. The molecule has 2 heterocycles. The van der Waals surface area contributed by atoms with Crippen LogP contribution in [0.2, 0.25) is 0 Å². The van der Waals surface area contributed by atoms with E-state index in [-0.39, 0.29) is 24.7 Å². The fourth-order valence-corrected chi connectivity index (χ4v) is 4.89. The fraction of sp³-hybridized carbons (Fsp3) is 0.400. The van der Waals surface area contributed by atoms with Crippen molar-refractivity contribution in [3.8, 4) is 0 Å². The quantitative estimate of drug-likeness (QED) is 0.170. The SMILES string of the molecule is O=NC(C(=O)CCl)C(=O)NC1C(=O)N2C(C(=O)O)=C(COCC(O)c3ccccc3)CS[C@@H]12. The highest BCUT2D eigenvalue weighted by Crippen LogP contribution is 2.40. The first-order valence-corrected chi connectivity index (χ1v) is 11.3. The molecule has 0 saturated carbocycles. The van der Waals surface area contributed by atoms with Crippen LogP contribution in [-0.4, -0.2) is 81.0 Å². The number of amides is 2. The van der Waals surface area contributed by atoms with Crippen molar-refractivity contribution in [2.45, 2.75) is 23.6 Å². The zero-order valence-electron chi connectivity index (χ0n) is 17.0. The number of Topliss-reactive ketones (excluding diaryl/α,β-unsaturated/α-hetero) is 1. The van der Waals surface area contributed by atoms with Crippen molar-refractivity contribution in [3.05, 3.63) is 52.1 Å². The van der Waals surface area contributed by atoms with E-state index in [1.807, 2.05) is 6.07 Å². The Morgan fingerprint density at radius 3 is 2.61 bits per heavy atom. The molecule has 2 aliphatic heterocycles. The first-order valence-electron chi connectivity index (χ1n) is 9.72. The summed E-state index contributed by atoms with van der Waals surface area (Å²) in [5.74, 6) is -4.43. The molecule has 176 valence electrons. The van der Waals surface area contributed by atoms with Gasteiger partial charge in [0, 0.05) is 5.75 Å². The van der Waals surface area contributed by atoms with Gasteiger partial charge in [-0.05, 0) is 16.3 Å². The van der Waals surface area contributed by atoms with Gasteiger partial charge in [-0.25, -0.2) is 4.79 Å². The summed E-state index contributed by atoms with van der Waals surface area (Å²) < 4.78 is 5.50. The summed E-state index contributed by atoms with van der Waals surface area (Å²) >= 11 is 6.54. The second-order valence-corrected chi connectivity index (χ2v) is 8.58. The molecule has 3 N–H and O–H groups in total. The van der Waals surface area contributed by atoms with Gasteiger partial charge in [-0.1, -0.05) is 30.3 Å². The van der Waals surface area contributed by atoms with Gasteiger partial charge in [-0.3, -0.25) is 19.3 Å². The Hall–Kier alpha value is -2.80. The van der Waals surface area contributed by atoms with Crippen LogP contribution in [0.4, 0.5) is 0 Å². The van der Waals surface area contributed by atoms with Crippen molar-refractivity contribution >= 4 is 46.9 Å². The third-order valence-corrected chi connectivity index (χ3v) is 6.68. The van der Waals surface area contributed by atoms with Crippen molar-refractivity contribution in [2.24, 2.45) is 5.18 Å². The summed E-state index contributed by atoms with van der Waals surface area (Å²) in [6.07, 6.45) is -0.899. The smallest absolute Gasteiger partial charge is 0.352 e. The largest absolute Gasteiger partial charge is 0.477 e. The third kappa shape index (κ3) is 5.24.